The van der Waals surface area contributed by atoms with Crippen LogP contribution in [0.3, 0.4) is 0 Å². The Balaban J connectivity index is 1.92. The molecule has 1 aromatic carbocycles. The van der Waals surface area contributed by atoms with Gasteiger partial charge in [0.05, 0.1) is 11.9 Å². The minimum Gasteiger partial charge on any atom is -0.381 e. The normalized spacial score (nSPS) is 10.4. The van der Waals surface area contributed by atoms with Crippen LogP contribution in [0.4, 0.5) is 14.5 Å². The van der Waals surface area contributed by atoms with Crippen molar-refractivity contribution in [1.29, 1.82) is 0 Å². The van der Waals surface area contributed by atoms with Gasteiger partial charge in [0.1, 0.15) is 21.7 Å². The molecular weight excluding hydrogens is 374 g/mol. The Morgan fingerprint density at radius 1 is 1.30 bits per heavy atom. The zero-order valence-corrected chi connectivity index (χ0v) is 13.7. The molecule has 0 saturated heterocycles. The van der Waals surface area contributed by atoms with Crippen LogP contribution in [0, 0.1) is 11.6 Å². The number of anilines is 1. The minimum atomic E-state index is -0.922. The fourth-order valence-corrected chi connectivity index (χ4v) is 2.31. The maximum Gasteiger partial charge on any atom is 0.282 e. The third kappa shape index (κ3) is 3.92. The smallest absolute Gasteiger partial charge is 0.282 e. The third-order valence-electron chi connectivity index (χ3n) is 2.99. The molecular formula is C14H13BrF2N4O2. The van der Waals surface area contributed by atoms with Crippen LogP contribution in [0.1, 0.15) is 10.4 Å². The van der Waals surface area contributed by atoms with Crippen LogP contribution in [-0.4, -0.2) is 28.8 Å². The molecule has 0 aliphatic carbocycles. The lowest BCUT2D eigenvalue weighted by molar-refractivity contribution is 0.0947. The summed E-state index contributed by atoms with van der Waals surface area (Å²) in [7, 11) is 1.51. The summed E-state index contributed by atoms with van der Waals surface area (Å²) in [6, 6.07) is 3.21. The van der Waals surface area contributed by atoms with Crippen molar-refractivity contribution < 1.29 is 13.6 Å². The van der Waals surface area contributed by atoms with Gasteiger partial charge in [0.15, 0.2) is 0 Å². The number of hydrogen-bond donors (Lipinski definition) is 2. The Hall–Kier alpha value is -2.29. The number of nitrogens with zero attached hydrogens (tertiary/aromatic N) is 2. The first kappa shape index (κ1) is 17.1. The predicted molar refractivity (Wildman–Crippen MR) is 84.4 cm³/mol. The van der Waals surface area contributed by atoms with Gasteiger partial charge in [0.25, 0.3) is 11.5 Å². The van der Waals surface area contributed by atoms with E-state index in [1.165, 1.54) is 19.3 Å². The first-order chi connectivity index (χ1) is 10.9. The SMILES string of the molecule is Cn1ncc(NCCNC(=O)c2c(F)cccc2F)c(Br)c1=O. The fraction of sp³-hybridized carbons (Fsp3) is 0.214. The molecule has 6 nitrogen and oxygen atoms in total. The highest BCUT2D eigenvalue weighted by molar-refractivity contribution is 9.10. The summed E-state index contributed by atoms with van der Waals surface area (Å²) in [6.45, 7) is 0.351. The van der Waals surface area contributed by atoms with Crippen LogP contribution < -0.4 is 16.2 Å². The van der Waals surface area contributed by atoms with E-state index in [0.29, 0.717) is 10.2 Å². The molecule has 0 atom stereocenters. The summed E-state index contributed by atoms with van der Waals surface area (Å²) in [4.78, 5) is 23.4. The molecule has 122 valence electrons. The molecule has 0 aliphatic heterocycles. The van der Waals surface area contributed by atoms with Crippen molar-refractivity contribution in [3.63, 3.8) is 0 Å². The van der Waals surface area contributed by atoms with Gasteiger partial charge >= 0.3 is 0 Å². The van der Waals surface area contributed by atoms with Gasteiger partial charge in [-0.3, -0.25) is 9.59 Å². The molecule has 2 aromatic rings. The van der Waals surface area contributed by atoms with Crippen LogP contribution in [0.25, 0.3) is 0 Å². The van der Waals surface area contributed by atoms with E-state index in [2.05, 4.69) is 31.7 Å². The Kier molecular flexibility index (Phi) is 5.43. The average Bonchev–Trinajstić information content (AvgIpc) is 2.51. The van der Waals surface area contributed by atoms with Crippen LogP contribution >= 0.6 is 15.9 Å². The third-order valence-corrected chi connectivity index (χ3v) is 3.76. The topological polar surface area (TPSA) is 76.0 Å². The van der Waals surface area contributed by atoms with Crippen molar-refractivity contribution in [3.05, 3.63) is 56.4 Å². The number of carbonyl (C=O) groups excluding carboxylic acids is 1. The van der Waals surface area contributed by atoms with E-state index in [0.717, 1.165) is 16.8 Å². The van der Waals surface area contributed by atoms with Gasteiger partial charge in [0, 0.05) is 20.1 Å². The van der Waals surface area contributed by atoms with Gasteiger partial charge < -0.3 is 10.6 Å². The predicted octanol–water partition coefficient (Wildman–Crippen LogP) is 1.66. The van der Waals surface area contributed by atoms with E-state index < -0.39 is 23.1 Å². The molecule has 0 unspecified atom stereocenters. The Morgan fingerprint density at radius 2 is 1.96 bits per heavy atom. The van der Waals surface area contributed by atoms with Crippen molar-refractivity contribution in [2.45, 2.75) is 0 Å². The number of amides is 1. The van der Waals surface area contributed by atoms with Gasteiger partial charge in [-0.05, 0) is 28.1 Å². The van der Waals surface area contributed by atoms with Gasteiger partial charge in [0.2, 0.25) is 0 Å². The van der Waals surface area contributed by atoms with Crippen molar-refractivity contribution in [2.75, 3.05) is 18.4 Å². The second kappa shape index (κ2) is 7.32. The molecule has 1 aromatic heterocycles. The first-order valence-corrected chi connectivity index (χ1v) is 7.39. The number of aryl methyl sites for hydroxylation is 1. The van der Waals surface area contributed by atoms with Crippen LogP contribution in [0.5, 0.6) is 0 Å². The number of hydrogen-bond acceptors (Lipinski definition) is 4. The summed E-state index contributed by atoms with van der Waals surface area (Å²) in [6.07, 6.45) is 1.45. The lowest BCUT2D eigenvalue weighted by atomic mass is 10.2. The van der Waals surface area contributed by atoms with Gasteiger partial charge in [-0.2, -0.15) is 5.10 Å². The molecule has 0 bridgehead atoms. The summed E-state index contributed by atoms with van der Waals surface area (Å²) in [5.74, 6) is -2.69. The molecule has 0 aliphatic rings. The zero-order valence-electron chi connectivity index (χ0n) is 12.1. The number of nitrogens with one attached hydrogen (secondary N) is 2. The molecule has 1 amide bonds. The fourth-order valence-electron chi connectivity index (χ4n) is 1.81. The summed E-state index contributed by atoms with van der Waals surface area (Å²) >= 11 is 3.15. The van der Waals surface area contributed by atoms with E-state index in [1.54, 1.807) is 0 Å². The maximum absolute atomic E-state index is 13.4. The lowest BCUT2D eigenvalue weighted by Gasteiger charge is -2.10. The van der Waals surface area contributed by atoms with Gasteiger partial charge in [-0.15, -0.1) is 0 Å². The molecule has 0 radical (unpaired) electrons. The standard InChI is InChI=1S/C14H13BrF2N4O2/c1-21-14(23)12(15)10(7-20-21)18-5-6-19-13(22)11-8(16)3-2-4-9(11)17/h2-4,7,18H,5-6H2,1H3,(H,19,22). The second-order valence-electron chi connectivity index (χ2n) is 4.58. The summed E-state index contributed by atoms with van der Waals surface area (Å²) < 4.78 is 28.4. The highest BCUT2D eigenvalue weighted by Gasteiger charge is 2.16. The zero-order chi connectivity index (χ0) is 17.0. The van der Waals surface area contributed by atoms with Gasteiger partial charge in [-0.25, -0.2) is 13.5 Å². The Labute approximate surface area is 138 Å². The van der Waals surface area contributed by atoms with Gasteiger partial charge in [-0.1, -0.05) is 6.07 Å². The van der Waals surface area contributed by atoms with Crippen LogP contribution in [0.2, 0.25) is 0 Å². The van der Waals surface area contributed by atoms with E-state index in [-0.39, 0.29) is 18.6 Å². The number of benzene rings is 1. The molecule has 23 heavy (non-hydrogen) atoms. The number of carbonyl (C=O) groups is 1. The second-order valence-corrected chi connectivity index (χ2v) is 5.37. The van der Waals surface area contributed by atoms with Crippen LogP contribution in [0.15, 0.2) is 33.7 Å². The molecule has 0 fully saturated rings. The molecule has 1 heterocycles. The minimum absolute atomic E-state index is 0.105. The van der Waals surface area contributed by atoms with E-state index >= 15 is 0 Å². The largest absolute Gasteiger partial charge is 0.381 e. The van der Waals surface area contributed by atoms with Crippen LogP contribution in [-0.2, 0) is 7.05 Å². The Bertz CT molecular complexity index is 775. The number of rotatable bonds is 5. The highest BCUT2D eigenvalue weighted by atomic mass is 79.9. The summed E-state index contributed by atoms with van der Waals surface area (Å²) in [5.41, 5.74) is -0.476. The van der Waals surface area contributed by atoms with Crippen molar-refractivity contribution >= 4 is 27.5 Å². The number of aromatic nitrogens is 2. The quantitative estimate of drug-likeness (QED) is 0.766. The highest BCUT2D eigenvalue weighted by Crippen LogP contribution is 2.15. The molecule has 9 heteroatoms. The molecule has 2 rings (SSSR count). The first-order valence-electron chi connectivity index (χ1n) is 6.59. The monoisotopic (exact) mass is 386 g/mol. The summed E-state index contributed by atoms with van der Waals surface area (Å²) in [5, 5.41) is 9.14. The Morgan fingerprint density at radius 3 is 2.61 bits per heavy atom. The van der Waals surface area contributed by atoms with Crippen molar-refractivity contribution in [2.24, 2.45) is 7.05 Å². The number of halogens is 3. The van der Waals surface area contributed by atoms with E-state index in [4.69, 9.17) is 0 Å². The average molecular weight is 387 g/mol. The molecule has 2 N–H and O–H groups in total. The van der Waals surface area contributed by atoms with Crippen molar-refractivity contribution in [1.82, 2.24) is 15.1 Å². The van der Waals surface area contributed by atoms with E-state index in [9.17, 15) is 18.4 Å². The van der Waals surface area contributed by atoms with E-state index in [1.807, 2.05) is 0 Å². The van der Waals surface area contributed by atoms with Crippen molar-refractivity contribution in [3.8, 4) is 0 Å². The lowest BCUT2D eigenvalue weighted by Crippen LogP contribution is -2.30. The molecule has 0 saturated carbocycles. The maximum atomic E-state index is 13.4. The molecule has 0 spiro atoms.